The number of nitrogens with zero attached hydrogens (tertiary/aromatic N) is 2. The SMILES string of the molecule is CC(C)(C)c1ccc(Oc2ccnc(N3CCOCC3)c2)cc1F. The molecule has 2 heterocycles. The molecule has 1 fully saturated rings. The Morgan fingerprint density at radius 3 is 2.46 bits per heavy atom. The first kappa shape index (κ1) is 16.7. The maximum Gasteiger partial charge on any atom is 0.132 e. The molecule has 0 atom stereocenters. The fourth-order valence-electron chi connectivity index (χ4n) is 2.73. The van der Waals surface area contributed by atoms with Crippen LogP contribution in [0.3, 0.4) is 0 Å². The average molecular weight is 330 g/mol. The first-order chi connectivity index (χ1) is 11.4. The molecule has 1 aliphatic rings. The van der Waals surface area contributed by atoms with Gasteiger partial charge in [-0.15, -0.1) is 0 Å². The van der Waals surface area contributed by atoms with Gasteiger partial charge in [-0.3, -0.25) is 0 Å². The van der Waals surface area contributed by atoms with Crippen LogP contribution in [-0.4, -0.2) is 31.3 Å². The Labute approximate surface area is 142 Å². The summed E-state index contributed by atoms with van der Waals surface area (Å²) in [5, 5.41) is 0. The third kappa shape index (κ3) is 3.85. The van der Waals surface area contributed by atoms with Crippen molar-refractivity contribution in [1.29, 1.82) is 0 Å². The van der Waals surface area contributed by atoms with Gasteiger partial charge in [-0.2, -0.15) is 0 Å². The molecule has 1 aromatic carbocycles. The summed E-state index contributed by atoms with van der Waals surface area (Å²) in [4.78, 5) is 6.54. The fourth-order valence-corrected chi connectivity index (χ4v) is 2.73. The van der Waals surface area contributed by atoms with Crippen LogP contribution in [0.4, 0.5) is 10.2 Å². The summed E-state index contributed by atoms with van der Waals surface area (Å²) in [7, 11) is 0. The predicted molar refractivity (Wildman–Crippen MR) is 92.4 cm³/mol. The van der Waals surface area contributed by atoms with Gasteiger partial charge < -0.3 is 14.4 Å². The topological polar surface area (TPSA) is 34.6 Å². The molecule has 1 aliphatic heterocycles. The Morgan fingerprint density at radius 1 is 1.08 bits per heavy atom. The van der Waals surface area contributed by atoms with Crippen molar-refractivity contribution in [3.63, 3.8) is 0 Å². The van der Waals surface area contributed by atoms with E-state index in [2.05, 4.69) is 9.88 Å². The quantitative estimate of drug-likeness (QED) is 0.847. The van der Waals surface area contributed by atoms with Crippen molar-refractivity contribution in [2.45, 2.75) is 26.2 Å². The normalized spacial score (nSPS) is 15.4. The predicted octanol–water partition coefficient (Wildman–Crippen LogP) is 4.15. The molecule has 3 rings (SSSR count). The zero-order valence-electron chi connectivity index (χ0n) is 14.4. The van der Waals surface area contributed by atoms with Crippen molar-refractivity contribution in [1.82, 2.24) is 4.98 Å². The summed E-state index contributed by atoms with van der Waals surface area (Å²) >= 11 is 0. The number of halogens is 1. The highest BCUT2D eigenvalue weighted by atomic mass is 19.1. The van der Waals surface area contributed by atoms with Crippen LogP contribution in [0.5, 0.6) is 11.5 Å². The van der Waals surface area contributed by atoms with Crippen LogP contribution >= 0.6 is 0 Å². The molecule has 5 heteroatoms. The van der Waals surface area contributed by atoms with Crippen molar-refractivity contribution in [2.24, 2.45) is 0 Å². The minimum Gasteiger partial charge on any atom is -0.457 e. The standard InChI is InChI=1S/C19H23FN2O2/c1-19(2,3)16-5-4-14(12-17(16)20)24-15-6-7-21-18(13-15)22-8-10-23-11-9-22/h4-7,12-13H,8-11H2,1-3H3. The molecule has 0 N–H and O–H groups in total. The molecule has 1 aromatic heterocycles. The maximum absolute atomic E-state index is 14.3. The Hall–Kier alpha value is -2.14. The molecule has 0 saturated carbocycles. The summed E-state index contributed by atoms with van der Waals surface area (Å²) in [5.74, 6) is 1.74. The van der Waals surface area contributed by atoms with E-state index >= 15 is 0 Å². The van der Waals surface area contributed by atoms with E-state index in [4.69, 9.17) is 9.47 Å². The van der Waals surface area contributed by atoms with E-state index in [1.54, 1.807) is 24.4 Å². The van der Waals surface area contributed by atoms with E-state index in [9.17, 15) is 4.39 Å². The van der Waals surface area contributed by atoms with Gasteiger partial charge in [0.05, 0.1) is 13.2 Å². The number of hydrogen-bond donors (Lipinski definition) is 0. The Morgan fingerprint density at radius 2 is 1.79 bits per heavy atom. The lowest BCUT2D eigenvalue weighted by atomic mass is 9.87. The fraction of sp³-hybridized carbons (Fsp3) is 0.421. The lowest BCUT2D eigenvalue weighted by Crippen LogP contribution is -2.36. The molecule has 24 heavy (non-hydrogen) atoms. The molecule has 0 bridgehead atoms. The van der Waals surface area contributed by atoms with E-state index in [1.807, 2.05) is 26.8 Å². The lowest BCUT2D eigenvalue weighted by Gasteiger charge is -2.27. The number of hydrogen-bond acceptors (Lipinski definition) is 4. The number of rotatable bonds is 3. The van der Waals surface area contributed by atoms with Gasteiger partial charge in [0.25, 0.3) is 0 Å². The smallest absolute Gasteiger partial charge is 0.132 e. The monoisotopic (exact) mass is 330 g/mol. The van der Waals surface area contributed by atoms with Crippen LogP contribution in [0.25, 0.3) is 0 Å². The van der Waals surface area contributed by atoms with Gasteiger partial charge in [0.2, 0.25) is 0 Å². The third-order valence-corrected chi connectivity index (χ3v) is 4.04. The summed E-state index contributed by atoms with van der Waals surface area (Å²) in [5.41, 5.74) is 0.446. The van der Waals surface area contributed by atoms with Crippen LogP contribution in [0.1, 0.15) is 26.3 Å². The Bertz CT molecular complexity index is 707. The number of anilines is 1. The summed E-state index contributed by atoms with van der Waals surface area (Å²) < 4.78 is 25.5. The molecule has 0 aliphatic carbocycles. The van der Waals surface area contributed by atoms with Crippen molar-refractivity contribution in [2.75, 3.05) is 31.2 Å². The van der Waals surface area contributed by atoms with Gasteiger partial charge in [0.1, 0.15) is 23.1 Å². The second kappa shape index (κ2) is 6.77. The number of aromatic nitrogens is 1. The van der Waals surface area contributed by atoms with Gasteiger partial charge in [-0.1, -0.05) is 26.8 Å². The number of morpholine rings is 1. The van der Waals surface area contributed by atoms with Crippen molar-refractivity contribution in [3.05, 3.63) is 47.9 Å². The lowest BCUT2D eigenvalue weighted by molar-refractivity contribution is 0.122. The first-order valence-corrected chi connectivity index (χ1v) is 8.20. The second-order valence-corrected chi connectivity index (χ2v) is 6.94. The average Bonchev–Trinajstić information content (AvgIpc) is 2.55. The van der Waals surface area contributed by atoms with E-state index < -0.39 is 0 Å². The first-order valence-electron chi connectivity index (χ1n) is 8.20. The van der Waals surface area contributed by atoms with Crippen LogP contribution < -0.4 is 9.64 Å². The van der Waals surface area contributed by atoms with Crippen LogP contribution in [-0.2, 0) is 10.2 Å². The highest BCUT2D eigenvalue weighted by Gasteiger charge is 2.19. The minimum absolute atomic E-state index is 0.233. The van der Waals surface area contributed by atoms with Crippen molar-refractivity contribution < 1.29 is 13.9 Å². The third-order valence-electron chi connectivity index (χ3n) is 4.04. The Balaban J connectivity index is 1.77. The molecule has 0 amide bonds. The summed E-state index contributed by atoms with van der Waals surface area (Å²) in [6.45, 7) is 8.99. The molecule has 2 aromatic rings. The number of benzene rings is 1. The van der Waals surface area contributed by atoms with E-state index in [1.165, 1.54) is 6.07 Å². The Kier molecular flexibility index (Phi) is 4.71. The highest BCUT2D eigenvalue weighted by molar-refractivity contribution is 5.45. The van der Waals surface area contributed by atoms with Crippen LogP contribution in [0, 0.1) is 5.82 Å². The molecular formula is C19H23FN2O2. The van der Waals surface area contributed by atoms with Crippen LogP contribution in [0.15, 0.2) is 36.5 Å². The second-order valence-electron chi connectivity index (χ2n) is 6.94. The number of pyridine rings is 1. The summed E-state index contributed by atoms with van der Waals surface area (Å²) in [6, 6.07) is 8.68. The van der Waals surface area contributed by atoms with Crippen molar-refractivity contribution >= 4 is 5.82 Å². The van der Waals surface area contributed by atoms with Gasteiger partial charge in [-0.05, 0) is 23.1 Å². The van der Waals surface area contributed by atoms with E-state index in [-0.39, 0.29) is 11.2 Å². The van der Waals surface area contributed by atoms with E-state index in [0.717, 1.165) is 18.9 Å². The summed E-state index contributed by atoms with van der Waals surface area (Å²) in [6.07, 6.45) is 1.71. The zero-order chi connectivity index (χ0) is 17.2. The maximum atomic E-state index is 14.3. The van der Waals surface area contributed by atoms with Gasteiger partial charge in [0.15, 0.2) is 0 Å². The van der Waals surface area contributed by atoms with Gasteiger partial charge in [0, 0.05) is 31.4 Å². The molecule has 4 nitrogen and oxygen atoms in total. The molecule has 1 saturated heterocycles. The van der Waals surface area contributed by atoms with E-state index in [0.29, 0.717) is 30.3 Å². The molecule has 128 valence electrons. The van der Waals surface area contributed by atoms with Crippen molar-refractivity contribution in [3.8, 4) is 11.5 Å². The van der Waals surface area contributed by atoms with Crippen LogP contribution in [0.2, 0.25) is 0 Å². The zero-order valence-corrected chi connectivity index (χ0v) is 14.4. The molecule has 0 radical (unpaired) electrons. The minimum atomic E-state index is -0.248. The van der Waals surface area contributed by atoms with Gasteiger partial charge in [-0.25, -0.2) is 9.37 Å². The molecular weight excluding hydrogens is 307 g/mol. The highest BCUT2D eigenvalue weighted by Crippen LogP contribution is 2.30. The largest absolute Gasteiger partial charge is 0.457 e. The number of ether oxygens (including phenoxy) is 2. The van der Waals surface area contributed by atoms with Gasteiger partial charge >= 0.3 is 0 Å². The molecule has 0 unspecified atom stereocenters. The molecule has 0 spiro atoms.